The summed E-state index contributed by atoms with van der Waals surface area (Å²) in [5.74, 6) is -1.08. The van der Waals surface area contributed by atoms with Gasteiger partial charge in [0.2, 0.25) is 5.88 Å². The minimum Gasteiger partial charge on any atom is -0.478 e. The third-order valence-corrected chi connectivity index (χ3v) is 2.71. The first-order valence-corrected chi connectivity index (χ1v) is 5.68. The van der Waals surface area contributed by atoms with Crippen LogP contribution in [0.2, 0.25) is 5.02 Å². The summed E-state index contributed by atoms with van der Waals surface area (Å²) in [6.45, 7) is 1.60. The first-order chi connectivity index (χ1) is 8.97. The molecule has 0 saturated carbocycles. The van der Waals surface area contributed by atoms with Crippen molar-refractivity contribution in [2.75, 3.05) is 0 Å². The highest BCUT2D eigenvalue weighted by atomic mass is 35.5. The van der Waals surface area contributed by atoms with Crippen LogP contribution in [0.4, 0.5) is 4.39 Å². The van der Waals surface area contributed by atoms with E-state index in [0.29, 0.717) is 11.3 Å². The van der Waals surface area contributed by atoms with Gasteiger partial charge in [-0.05, 0) is 30.7 Å². The average Bonchev–Trinajstić information content (AvgIpc) is 2.36. The van der Waals surface area contributed by atoms with Crippen LogP contribution in [-0.4, -0.2) is 16.1 Å². The molecule has 0 aliphatic carbocycles. The number of aromatic nitrogens is 1. The first-order valence-electron chi connectivity index (χ1n) is 5.30. The number of ether oxygens (including phenoxy) is 1. The Bertz CT molecular complexity index is 646. The smallest absolute Gasteiger partial charge is 0.337 e. The summed E-state index contributed by atoms with van der Waals surface area (Å²) in [6, 6.07) is 5.40. The number of hydrogen-bond donors (Lipinski definition) is 1. The number of rotatable bonds is 3. The number of nitrogens with zero attached hydrogens (tertiary/aromatic N) is 1. The number of carboxylic acids is 1. The molecule has 0 radical (unpaired) electrons. The molecule has 2 rings (SSSR count). The molecule has 98 valence electrons. The Kier molecular flexibility index (Phi) is 3.66. The van der Waals surface area contributed by atoms with Gasteiger partial charge in [0.05, 0.1) is 16.8 Å². The third kappa shape index (κ3) is 3.00. The average molecular weight is 282 g/mol. The van der Waals surface area contributed by atoms with Crippen molar-refractivity contribution in [1.82, 2.24) is 4.98 Å². The van der Waals surface area contributed by atoms with Gasteiger partial charge in [-0.15, -0.1) is 0 Å². The van der Waals surface area contributed by atoms with Crippen LogP contribution in [0.1, 0.15) is 15.9 Å². The third-order valence-electron chi connectivity index (χ3n) is 2.41. The lowest BCUT2D eigenvalue weighted by Crippen LogP contribution is -1.99. The molecule has 0 spiro atoms. The van der Waals surface area contributed by atoms with Gasteiger partial charge in [-0.3, -0.25) is 0 Å². The fraction of sp³-hybridized carbons (Fsp3) is 0.0769. The molecular formula is C13H9ClFNO3. The predicted octanol–water partition coefficient (Wildman–Crippen LogP) is 3.67. The Labute approximate surface area is 113 Å². The Morgan fingerprint density at radius 2 is 2.16 bits per heavy atom. The van der Waals surface area contributed by atoms with E-state index in [9.17, 15) is 9.18 Å². The van der Waals surface area contributed by atoms with Crippen molar-refractivity contribution >= 4 is 17.6 Å². The molecule has 19 heavy (non-hydrogen) atoms. The van der Waals surface area contributed by atoms with Crippen molar-refractivity contribution < 1.29 is 19.0 Å². The summed E-state index contributed by atoms with van der Waals surface area (Å²) in [6.07, 6.45) is 1.19. The molecule has 6 heteroatoms. The monoisotopic (exact) mass is 281 g/mol. The second kappa shape index (κ2) is 5.24. The fourth-order valence-corrected chi connectivity index (χ4v) is 1.62. The maximum Gasteiger partial charge on any atom is 0.337 e. The highest BCUT2D eigenvalue weighted by Crippen LogP contribution is 2.25. The fourth-order valence-electron chi connectivity index (χ4n) is 1.44. The standard InChI is InChI=1S/C13H9ClFNO3/c1-7-4-8(2-3-11(7)15)19-12-5-9(13(17)18)10(14)6-16-12/h2-6H,1H3,(H,17,18). The molecule has 0 bridgehead atoms. The maximum absolute atomic E-state index is 13.1. The van der Waals surface area contributed by atoms with Crippen LogP contribution < -0.4 is 4.74 Å². The van der Waals surface area contributed by atoms with Gasteiger partial charge in [-0.25, -0.2) is 14.2 Å². The molecule has 0 fully saturated rings. The Morgan fingerprint density at radius 3 is 2.79 bits per heavy atom. The molecule has 0 aliphatic heterocycles. The molecule has 2 aromatic rings. The van der Waals surface area contributed by atoms with Gasteiger partial charge in [0, 0.05) is 6.07 Å². The summed E-state index contributed by atoms with van der Waals surface area (Å²) in [5.41, 5.74) is 0.315. The Morgan fingerprint density at radius 1 is 1.42 bits per heavy atom. The van der Waals surface area contributed by atoms with E-state index in [-0.39, 0.29) is 22.3 Å². The van der Waals surface area contributed by atoms with Gasteiger partial charge in [-0.1, -0.05) is 11.6 Å². The minimum absolute atomic E-state index is 0.0233. The number of hydrogen-bond acceptors (Lipinski definition) is 3. The molecule has 0 aliphatic rings. The van der Waals surface area contributed by atoms with E-state index in [4.69, 9.17) is 21.4 Å². The summed E-state index contributed by atoms with van der Waals surface area (Å²) < 4.78 is 18.5. The molecule has 1 aromatic heterocycles. The zero-order valence-electron chi connectivity index (χ0n) is 9.85. The zero-order chi connectivity index (χ0) is 14.0. The summed E-state index contributed by atoms with van der Waals surface area (Å²) in [4.78, 5) is 14.8. The van der Waals surface area contributed by atoms with E-state index in [1.54, 1.807) is 6.92 Å². The molecule has 0 atom stereocenters. The largest absolute Gasteiger partial charge is 0.478 e. The van der Waals surface area contributed by atoms with Gasteiger partial charge in [0.15, 0.2) is 0 Å². The number of carbonyl (C=O) groups is 1. The number of pyridine rings is 1. The molecule has 1 aromatic carbocycles. The number of aromatic carboxylic acids is 1. The normalized spacial score (nSPS) is 10.3. The lowest BCUT2D eigenvalue weighted by molar-refractivity contribution is 0.0696. The van der Waals surface area contributed by atoms with E-state index in [1.165, 1.54) is 30.5 Å². The highest BCUT2D eigenvalue weighted by Gasteiger charge is 2.11. The van der Waals surface area contributed by atoms with Gasteiger partial charge in [-0.2, -0.15) is 0 Å². The zero-order valence-corrected chi connectivity index (χ0v) is 10.6. The molecule has 1 heterocycles. The van der Waals surface area contributed by atoms with Crippen LogP contribution in [0.25, 0.3) is 0 Å². The van der Waals surface area contributed by atoms with Crippen molar-refractivity contribution in [1.29, 1.82) is 0 Å². The second-order valence-electron chi connectivity index (χ2n) is 3.82. The molecule has 1 N–H and O–H groups in total. The molecule has 0 amide bonds. The van der Waals surface area contributed by atoms with E-state index in [0.717, 1.165) is 0 Å². The van der Waals surface area contributed by atoms with Crippen LogP contribution >= 0.6 is 11.6 Å². The van der Waals surface area contributed by atoms with Crippen LogP contribution in [0, 0.1) is 12.7 Å². The van der Waals surface area contributed by atoms with Crippen LogP contribution in [0.5, 0.6) is 11.6 Å². The lowest BCUT2D eigenvalue weighted by atomic mass is 10.2. The van der Waals surface area contributed by atoms with Crippen molar-refractivity contribution in [3.8, 4) is 11.6 Å². The van der Waals surface area contributed by atoms with E-state index < -0.39 is 5.97 Å². The maximum atomic E-state index is 13.1. The number of carboxylic acid groups (broad SMARTS) is 1. The predicted molar refractivity (Wildman–Crippen MR) is 67.4 cm³/mol. The van der Waals surface area contributed by atoms with Crippen molar-refractivity contribution in [2.45, 2.75) is 6.92 Å². The van der Waals surface area contributed by atoms with Crippen LogP contribution in [0.3, 0.4) is 0 Å². The SMILES string of the molecule is Cc1cc(Oc2cc(C(=O)O)c(Cl)cn2)ccc1F. The number of benzene rings is 1. The Hall–Kier alpha value is -2.14. The number of aryl methyl sites for hydroxylation is 1. The number of halogens is 2. The van der Waals surface area contributed by atoms with Crippen molar-refractivity contribution in [3.05, 3.63) is 52.4 Å². The van der Waals surface area contributed by atoms with E-state index in [1.807, 2.05) is 0 Å². The van der Waals surface area contributed by atoms with Crippen molar-refractivity contribution in [2.24, 2.45) is 0 Å². The van der Waals surface area contributed by atoms with E-state index in [2.05, 4.69) is 4.98 Å². The quantitative estimate of drug-likeness (QED) is 0.932. The molecule has 0 saturated heterocycles. The molecule has 4 nitrogen and oxygen atoms in total. The second-order valence-corrected chi connectivity index (χ2v) is 4.23. The van der Waals surface area contributed by atoms with Gasteiger partial charge < -0.3 is 9.84 Å². The summed E-state index contributed by atoms with van der Waals surface area (Å²) in [7, 11) is 0. The van der Waals surface area contributed by atoms with Crippen molar-refractivity contribution in [3.63, 3.8) is 0 Å². The molecule has 0 unspecified atom stereocenters. The van der Waals surface area contributed by atoms with Gasteiger partial charge in [0.1, 0.15) is 11.6 Å². The minimum atomic E-state index is -1.17. The summed E-state index contributed by atoms with van der Waals surface area (Å²) >= 11 is 5.69. The van der Waals surface area contributed by atoms with Crippen LogP contribution in [0.15, 0.2) is 30.5 Å². The highest BCUT2D eigenvalue weighted by molar-refractivity contribution is 6.33. The lowest BCUT2D eigenvalue weighted by Gasteiger charge is -2.07. The summed E-state index contributed by atoms with van der Waals surface area (Å²) in [5, 5.41) is 8.94. The van der Waals surface area contributed by atoms with Gasteiger partial charge in [0.25, 0.3) is 0 Å². The topological polar surface area (TPSA) is 59.4 Å². The van der Waals surface area contributed by atoms with E-state index >= 15 is 0 Å². The first kappa shape index (κ1) is 13.3. The Balaban J connectivity index is 2.30. The molecular weight excluding hydrogens is 273 g/mol. The van der Waals surface area contributed by atoms with Crippen LogP contribution in [-0.2, 0) is 0 Å². The van der Waals surface area contributed by atoms with Gasteiger partial charge >= 0.3 is 5.97 Å².